The molecule has 0 aromatic heterocycles. The molecule has 2 aromatic carbocycles. The highest BCUT2D eigenvalue weighted by Crippen LogP contribution is 2.25. The minimum absolute atomic E-state index is 0.0458. The second-order valence-electron chi connectivity index (χ2n) is 7.04. The summed E-state index contributed by atoms with van der Waals surface area (Å²) in [5, 5.41) is 10.1. The molecule has 1 aliphatic heterocycles. The average Bonchev–Trinajstić information content (AvgIpc) is 2.69. The Bertz CT molecular complexity index is 950. The van der Waals surface area contributed by atoms with Crippen LogP contribution in [0.15, 0.2) is 53.4 Å². The largest absolute Gasteiger partial charge is 0.391 e. The van der Waals surface area contributed by atoms with E-state index in [1.165, 1.54) is 18.2 Å². The highest BCUT2D eigenvalue weighted by molar-refractivity contribution is 7.89. The number of carbonyl (C=O) groups excluding carboxylic acids is 1. The highest BCUT2D eigenvalue weighted by atomic mass is 35.5. The standard InChI is InChI=1S/C20H23ClN2O4S/c1-14-9-10-23(13-18(14)24)20(25)16-7-8-17(21)19(11-16)28(26,27)22-12-15-5-3-2-4-6-15/h2-8,11,14,18,22,24H,9-10,12-13H2,1H3. The summed E-state index contributed by atoms with van der Waals surface area (Å²) in [7, 11) is -3.90. The molecular formula is C20H23ClN2O4S. The number of hydrogen-bond acceptors (Lipinski definition) is 4. The van der Waals surface area contributed by atoms with E-state index in [1.54, 1.807) is 4.90 Å². The van der Waals surface area contributed by atoms with Crippen LogP contribution >= 0.6 is 11.6 Å². The lowest BCUT2D eigenvalue weighted by Gasteiger charge is -2.34. The van der Waals surface area contributed by atoms with E-state index in [9.17, 15) is 18.3 Å². The smallest absolute Gasteiger partial charge is 0.253 e. The molecule has 1 saturated heterocycles. The zero-order valence-corrected chi connectivity index (χ0v) is 17.1. The van der Waals surface area contributed by atoms with Crippen LogP contribution in [0.5, 0.6) is 0 Å². The number of piperidine rings is 1. The van der Waals surface area contributed by atoms with E-state index in [0.29, 0.717) is 13.0 Å². The van der Waals surface area contributed by atoms with Crippen molar-refractivity contribution in [2.75, 3.05) is 13.1 Å². The molecule has 2 aromatic rings. The summed E-state index contributed by atoms with van der Waals surface area (Å²) in [6.45, 7) is 2.82. The second kappa shape index (κ2) is 8.61. The first kappa shape index (κ1) is 20.8. The number of benzene rings is 2. The normalized spacial score (nSPS) is 20.2. The fourth-order valence-electron chi connectivity index (χ4n) is 3.11. The summed E-state index contributed by atoms with van der Waals surface area (Å²) < 4.78 is 27.9. The van der Waals surface area contributed by atoms with Gasteiger partial charge in [0.25, 0.3) is 5.91 Å². The summed E-state index contributed by atoms with van der Waals surface area (Å²) >= 11 is 6.11. The molecular weight excluding hydrogens is 400 g/mol. The molecule has 2 unspecified atom stereocenters. The van der Waals surface area contributed by atoms with Crippen molar-refractivity contribution in [3.8, 4) is 0 Å². The minimum Gasteiger partial charge on any atom is -0.391 e. The van der Waals surface area contributed by atoms with Crippen molar-refractivity contribution >= 4 is 27.5 Å². The fourth-order valence-corrected chi connectivity index (χ4v) is 4.65. The topological polar surface area (TPSA) is 86.7 Å². The van der Waals surface area contributed by atoms with Crippen molar-refractivity contribution in [3.63, 3.8) is 0 Å². The van der Waals surface area contributed by atoms with Crippen LogP contribution in [0.3, 0.4) is 0 Å². The summed E-state index contributed by atoms with van der Waals surface area (Å²) in [5.74, 6) is -0.186. The first-order valence-electron chi connectivity index (χ1n) is 9.08. The molecule has 28 heavy (non-hydrogen) atoms. The lowest BCUT2D eigenvalue weighted by molar-refractivity contribution is 0.0248. The highest BCUT2D eigenvalue weighted by Gasteiger charge is 2.29. The first-order chi connectivity index (χ1) is 13.3. The fraction of sp³-hybridized carbons (Fsp3) is 0.350. The Morgan fingerprint density at radius 1 is 1.25 bits per heavy atom. The molecule has 1 aliphatic rings. The minimum atomic E-state index is -3.90. The van der Waals surface area contributed by atoms with Gasteiger partial charge in [-0.2, -0.15) is 0 Å². The summed E-state index contributed by atoms with van der Waals surface area (Å²) in [6, 6.07) is 13.3. The maximum Gasteiger partial charge on any atom is 0.253 e. The summed E-state index contributed by atoms with van der Waals surface area (Å²) in [6.07, 6.45) is 0.116. The zero-order valence-electron chi connectivity index (χ0n) is 15.5. The van der Waals surface area contributed by atoms with Gasteiger partial charge in [-0.25, -0.2) is 13.1 Å². The molecule has 8 heteroatoms. The summed E-state index contributed by atoms with van der Waals surface area (Å²) in [4.78, 5) is 14.2. The number of aliphatic hydroxyl groups excluding tert-OH is 1. The number of hydrogen-bond donors (Lipinski definition) is 2. The number of likely N-dealkylation sites (tertiary alicyclic amines) is 1. The first-order valence-corrected chi connectivity index (χ1v) is 10.9. The molecule has 0 saturated carbocycles. The molecule has 0 spiro atoms. The average molecular weight is 423 g/mol. The maximum absolute atomic E-state index is 12.8. The third-order valence-corrected chi connectivity index (χ3v) is 6.87. The number of sulfonamides is 1. The number of nitrogens with zero attached hydrogens (tertiary/aromatic N) is 1. The molecule has 3 rings (SSSR count). The second-order valence-corrected chi connectivity index (χ2v) is 9.18. The number of carbonyl (C=O) groups is 1. The Kier molecular flexibility index (Phi) is 6.40. The molecule has 150 valence electrons. The molecule has 0 radical (unpaired) electrons. The van der Waals surface area contributed by atoms with Gasteiger partial charge in [-0.05, 0) is 36.1 Å². The number of β-amino-alcohol motifs (C(OH)–C–C–N with tert-alkyl or cyclic N) is 1. The van der Waals surface area contributed by atoms with Gasteiger partial charge in [-0.3, -0.25) is 4.79 Å². The van der Waals surface area contributed by atoms with Gasteiger partial charge in [0.05, 0.1) is 11.1 Å². The molecule has 1 heterocycles. The van der Waals surface area contributed by atoms with Crippen molar-refractivity contribution in [1.82, 2.24) is 9.62 Å². The van der Waals surface area contributed by atoms with E-state index in [1.807, 2.05) is 37.3 Å². The van der Waals surface area contributed by atoms with Crippen molar-refractivity contribution < 1.29 is 18.3 Å². The third-order valence-electron chi connectivity index (χ3n) is 4.98. The Hall–Kier alpha value is -1.93. The molecule has 2 atom stereocenters. The third kappa shape index (κ3) is 4.72. The van der Waals surface area contributed by atoms with E-state index in [4.69, 9.17) is 11.6 Å². The van der Waals surface area contributed by atoms with Crippen LogP contribution in [0, 0.1) is 5.92 Å². The van der Waals surface area contributed by atoms with Gasteiger partial charge in [-0.1, -0.05) is 48.9 Å². The van der Waals surface area contributed by atoms with Gasteiger partial charge in [-0.15, -0.1) is 0 Å². The van der Waals surface area contributed by atoms with Crippen LogP contribution in [0.4, 0.5) is 0 Å². The molecule has 0 aliphatic carbocycles. The van der Waals surface area contributed by atoms with Crippen LogP contribution in [0.25, 0.3) is 0 Å². The van der Waals surface area contributed by atoms with E-state index in [-0.39, 0.29) is 40.4 Å². The van der Waals surface area contributed by atoms with Crippen LogP contribution in [-0.2, 0) is 16.6 Å². The van der Waals surface area contributed by atoms with Crippen LogP contribution in [-0.4, -0.2) is 43.5 Å². The Morgan fingerprint density at radius 3 is 2.64 bits per heavy atom. The van der Waals surface area contributed by atoms with Gasteiger partial charge < -0.3 is 10.0 Å². The number of nitrogens with one attached hydrogen (secondary N) is 1. The van der Waals surface area contributed by atoms with Crippen molar-refractivity contribution in [3.05, 3.63) is 64.7 Å². The van der Waals surface area contributed by atoms with Crippen LogP contribution in [0.2, 0.25) is 5.02 Å². The lowest BCUT2D eigenvalue weighted by atomic mass is 9.95. The molecule has 1 fully saturated rings. The van der Waals surface area contributed by atoms with E-state index in [2.05, 4.69) is 4.72 Å². The van der Waals surface area contributed by atoms with Gasteiger partial charge in [0.15, 0.2) is 0 Å². The Balaban J connectivity index is 1.79. The predicted molar refractivity (Wildman–Crippen MR) is 108 cm³/mol. The molecule has 0 bridgehead atoms. The van der Waals surface area contributed by atoms with Gasteiger partial charge in [0.2, 0.25) is 10.0 Å². The van der Waals surface area contributed by atoms with E-state index >= 15 is 0 Å². The SMILES string of the molecule is CC1CCN(C(=O)c2ccc(Cl)c(S(=O)(=O)NCc3ccccc3)c2)CC1O. The number of aliphatic hydroxyl groups is 1. The van der Waals surface area contributed by atoms with Gasteiger partial charge in [0.1, 0.15) is 4.90 Å². The summed E-state index contributed by atoms with van der Waals surface area (Å²) in [5.41, 5.74) is 1.04. The van der Waals surface area contributed by atoms with Gasteiger partial charge >= 0.3 is 0 Å². The molecule has 6 nitrogen and oxygen atoms in total. The molecule has 2 N–H and O–H groups in total. The van der Waals surface area contributed by atoms with E-state index in [0.717, 1.165) is 5.56 Å². The van der Waals surface area contributed by atoms with Crippen LogP contribution < -0.4 is 4.72 Å². The monoisotopic (exact) mass is 422 g/mol. The predicted octanol–water partition coefficient (Wildman–Crippen LogP) is 2.66. The zero-order chi connectivity index (χ0) is 20.3. The van der Waals surface area contributed by atoms with Gasteiger partial charge in [0, 0.05) is 25.2 Å². The van der Waals surface area contributed by atoms with E-state index < -0.39 is 16.1 Å². The number of amides is 1. The Morgan fingerprint density at radius 2 is 1.96 bits per heavy atom. The quantitative estimate of drug-likeness (QED) is 0.775. The number of halogens is 1. The Labute approximate surface area is 170 Å². The maximum atomic E-state index is 12.8. The van der Waals surface area contributed by atoms with Crippen molar-refractivity contribution in [2.45, 2.75) is 30.9 Å². The van der Waals surface area contributed by atoms with Crippen LogP contribution in [0.1, 0.15) is 29.3 Å². The van der Waals surface area contributed by atoms with Crippen molar-refractivity contribution in [1.29, 1.82) is 0 Å². The van der Waals surface area contributed by atoms with Crippen molar-refractivity contribution in [2.24, 2.45) is 5.92 Å². The lowest BCUT2D eigenvalue weighted by Crippen LogP contribution is -2.45. The molecule has 1 amide bonds. The number of rotatable bonds is 5.